The second-order valence-electron chi connectivity index (χ2n) is 6.24. The largest absolute Gasteiger partial charge is 0.384 e. The monoisotopic (exact) mass is 440 g/mol. The molecule has 3 N–H and O–H groups in total. The molecule has 1 heterocycles. The van der Waals surface area contributed by atoms with Gasteiger partial charge >= 0.3 is 0 Å². The van der Waals surface area contributed by atoms with E-state index < -0.39 is 10.0 Å². The van der Waals surface area contributed by atoms with E-state index in [1.807, 2.05) is 0 Å². The van der Waals surface area contributed by atoms with Crippen LogP contribution in [0.15, 0.2) is 47.4 Å². The lowest BCUT2D eigenvalue weighted by Gasteiger charge is -2.34. The summed E-state index contributed by atoms with van der Waals surface area (Å²) in [5.41, 5.74) is 6.41. The Bertz CT molecular complexity index is 1020. The lowest BCUT2D eigenvalue weighted by molar-refractivity contribution is 0.0698. The third-order valence-electron chi connectivity index (χ3n) is 4.50. The van der Waals surface area contributed by atoms with Crippen LogP contribution in [0.25, 0.3) is 0 Å². The Kier molecular flexibility index (Phi) is 5.95. The lowest BCUT2D eigenvalue weighted by Crippen LogP contribution is -2.50. The molecular weight excluding hydrogens is 423 g/mol. The second-order valence-corrected chi connectivity index (χ2v) is 8.93. The fourth-order valence-electron chi connectivity index (χ4n) is 2.93. The Morgan fingerprint density at radius 2 is 1.54 bits per heavy atom. The van der Waals surface area contributed by atoms with Crippen LogP contribution in [0, 0.1) is 5.41 Å². The Morgan fingerprint density at radius 1 is 0.964 bits per heavy atom. The first-order chi connectivity index (χ1) is 13.2. The van der Waals surface area contributed by atoms with Crippen molar-refractivity contribution in [2.45, 2.75) is 4.90 Å². The smallest absolute Gasteiger partial charge is 0.253 e. The summed E-state index contributed by atoms with van der Waals surface area (Å²) in [5.74, 6) is -0.273. The van der Waals surface area contributed by atoms with Gasteiger partial charge in [0.05, 0.1) is 10.0 Å². The number of benzene rings is 2. The zero-order valence-electron chi connectivity index (χ0n) is 14.7. The van der Waals surface area contributed by atoms with Gasteiger partial charge in [0.1, 0.15) is 10.7 Å². The Morgan fingerprint density at radius 3 is 2.11 bits per heavy atom. The number of amidine groups is 1. The topological polar surface area (TPSA) is 108 Å². The Hall–Kier alpha value is -2.13. The Labute approximate surface area is 173 Å². The van der Waals surface area contributed by atoms with E-state index in [2.05, 4.69) is 0 Å². The van der Waals surface area contributed by atoms with Crippen LogP contribution in [0.3, 0.4) is 0 Å². The molecule has 28 heavy (non-hydrogen) atoms. The number of halogens is 2. The van der Waals surface area contributed by atoms with Crippen LogP contribution in [0.5, 0.6) is 0 Å². The number of hydrogen-bond donors (Lipinski definition) is 2. The van der Waals surface area contributed by atoms with E-state index in [1.165, 1.54) is 22.5 Å². The number of rotatable bonds is 4. The maximum atomic E-state index is 12.9. The molecule has 0 spiro atoms. The molecule has 1 amide bonds. The quantitative estimate of drug-likeness (QED) is 0.561. The minimum Gasteiger partial charge on any atom is -0.384 e. The van der Waals surface area contributed by atoms with Gasteiger partial charge in [-0.3, -0.25) is 10.2 Å². The molecule has 0 aromatic heterocycles. The van der Waals surface area contributed by atoms with Gasteiger partial charge in [-0.1, -0.05) is 41.4 Å². The van der Waals surface area contributed by atoms with Crippen LogP contribution >= 0.6 is 23.2 Å². The number of piperazine rings is 1. The molecule has 2 aromatic carbocycles. The van der Waals surface area contributed by atoms with Crippen molar-refractivity contribution in [1.82, 2.24) is 9.21 Å². The predicted molar refractivity (Wildman–Crippen MR) is 109 cm³/mol. The SMILES string of the molecule is N=C(N)c1ccc(C(=O)N2CCN(S(=O)(=O)c3cccc(Cl)c3Cl)CC2)cc1. The van der Waals surface area contributed by atoms with Crippen LogP contribution in [-0.4, -0.2) is 55.5 Å². The average Bonchev–Trinajstić information content (AvgIpc) is 2.69. The molecule has 1 aliphatic heterocycles. The molecule has 10 heteroatoms. The van der Waals surface area contributed by atoms with Crippen molar-refractivity contribution < 1.29 is 13.2 Å². The van der Waals surface area contributed by atoms with Crippen LogP contribution in [0.4, 0.5) is 0 Å². The third kappa shape index (κ3) is 4.00. The first-order valence-corrected chi connectivity index (χ1v) is 10.6. The number of sulfonamides is 1. The fraction of sp³-hybridized carbons (Fsp3) is 0.222. The molecule has 0 atom stereocenters. The van der Waals surface area contributed by atoms with E-state index in [0.29, 0.717) is 11.1 Å². The molecule has 7 nitrogen and oxygen atoms in total. The molecule has 3 rings (SSSR count). The van der Waals surface area contributed by atoms with E-state index in [0.717, 1.165) is 0 Å². The van der Waals surface area contributed by atoms with Gasteiger partial charge in [-0.15, -0.1) is 0 Å². The van der Waals surface area contributed by atoms with Crippen molar-refractivity contribution in [3.63, 3.8) is 0 Å². The molecule has 0 unspecified atom stereocenters. The van der Waals surface area contributed by atoms with Crippen molar-refractivity contribution in [2.75, 3.05) is 26.2 Å². The number of hydrogen-bond acceptors (Lipinski definition) is 4. The number of nitrogens with one attached hydrogen (secondary N) is 1. The summed E-state index contributed by atoms with van der Waals surface area (Å²) >= 11 is 12.0. The van der Waals surface area contributed by atoms with E-state index in [1.54, 1.807) is 29.2 Å². The van der Waals surface area contributed by atoms with Crippen LogP contribution in [-0.2, 0) is 10.0 Å². The van der Waals surface area contributed by atoms with Crippen LogP contribution in [0.1, 0.15) is 15.9 Å². The summed E-state index contributed by atoms with van der Waals surface area (Å²) in [6.07, 6.45) is 0. The number of carbonyl (C=O) groups excluding carboxylic acids is 1. The number of carbonyl (C=O) groups is 1. The first-order valence-electron chi connectivity index (χ1n) is 8.39. The molecular formula is C18H18Cl2N4O3S. The number of nitrogens with zero attached hydrogens (tertiary/aromatic N) is 2. The van der Waals surface area contributed by atoms with Gasteiger partial charge in [0.25, 0.3) is 5.91 Å². The zero-order chi connectivity index (χ0) is 20.5. The number of nitrogens with two attached hydrogens (primary N) is 1. The average molecular weight is 441 g/mol. The maximum absolute atomic E-state index is 12.9. The highest BCUT2D eigenvalue weighted by Crippen LogP contribution is 2.31. The summed E-state index contributed by atoms with van der Waals surface area (Å²) in [5, 5.41) is 7.56. The highest BCUT2D eigenvalue weighted by Gasteiger charge is 2.32. The molecule has 2 aromatic rings. The highest BCUT2D eigenvalue weighted by molar-refractivity contribution is 7.89. The summed E-state index contributed by atoms with van der Waals surface area (Å²) in [7, 11) is -3.80. The van der Waals surface area contributed by atoms with Crippen molar-refractivity contribution >= 4 is 45.0 Å². The molecule has 0 aliphatic carbocycles. The van der Waals surface area contributed by atoms with E-state index >= 15 is 0 Å². The van der Waals surface area contributed by atoms with Crippen LogP contribution in [0.2, 0.25) is 10.0 Å². The summed E-state index contributed by atoms with van der Waals surface area (Å²) in [6.45, 7) is 0.820. The standard InChI is InChI=1S/C18H18Cl2N4O3S/c19-14-2-1-3-15(16(14)20)28(26,27)24-10-8-23(9-11-24)18(25)13-6-4-12(5-7-13)17(21)22/h1-7H,8-11H2,(H3,21,22). The molecule has 1 fully saturated rings. The second kappa shape index (κ2) is 8.08. The summed E-state index contributed by atoms with van der Waals surface area (Å²) in [4.78, 5) is 14.2. The number of nitrogen functional groups attached to an aromatic ring is 1. The molecule has 148 valence electrons. The molecule has 0 bridgehead atoms. The fourth-order valence-corrected chi connectivity index (χ4v) is 5.09. The first kappa shape index (κ1) is 20.6. The van der Waals surface area contributed by atoms with Gasteiger partial charge in [0, 0.05) is 37.3 Å². The maximum Gasteiger partial charge on any atom is 0.253 e. The van der Waals surface area contributed by atoms with E-state index in [-0.39, 0.29) is 52.9 Å². The van der Waals surface area contributed by atoms with Gasteiger partial charge < -0.3 is 10.6 Å². The van der Waals surface area contributed by atoms with E-state index in [9.17, 15) is 13.2 Å². The minimum absolute atomic E-state index is 0.00627. The van der Waals surface area contributed by atoms with Crippen molar-refractivity contribution in [2.24, 2.45) is 5.73 Å². The molecule has 1 saturated heterocycles. The molecule has 0 radical (unpaired) electrons. The highest BCUT2D eigenvalue weighted by atomic mass is 35.5. The van der Waals surface area contributed by atoms with Gasteiger partial charge in [-0.05, 0) is 24.3 Å². The van der Waals surface area contributed by atoms with E-state index in [4.69, 9.17) is 34.3 Å². The zero-order valence-corrected chi connectivity index (χ0v) is 17.1. The summed E-state index contributed by atoms with van der Waals surface area (Å²) < 4.78 is 27.0. The normalized spacial score (nSPS) is 15.4. The van der Waals surface area contributed by atoms with Crippen molar-refractivity contribution in [3.8, 4) is 0 Å². The van der Waals surface area contributed by atoms with Gasteiger partial charge in [0.15, 0.2) is 0 Å². The van der Waals surface area contributed by atoms with Gasteiger partial charge in [0.2, 0.25) is 10.0 Å². The number of amides is 1. The summed E-state index contributed by atoms with van der Waals surface area (Å²) in [6, 6.07) is 10.9. The van der Waals surface area contributed by atoms with Crippen LogP contribution < -0.4 is 5.73 Å². The molecule has 1 aliphatic rings. The third-order valence-corrected chi connectivity index (χ3v) is 7.37. The van der Waals surface area contributed by atoms with Crippen molar-refractivity contribution in [1.29, 1.82) is 5.41 Å². The lowest BCUT2D eigenvalue weighted by atomic mass is 10.1. The molecule has 0 saturated carbocycles. The van der Waals surface area contributed by atoms with Gasteiger partial charge in [-0.2, -0.15) is 4.31 Å². The van der Waals surface area contributed by atoms with Gasteiger partial charge in [-0.25, -0.2) is 8.42 Å². The minimum atomic E-state index is -3.80. The predicted octanol–water partition coefficient (Wildman–Crippen LogP) is 2.42. The van der Waals surface area contributed by atoms with Crippen molar-refractivity contribution in [3.05, 3.63) is 63.6 Å². The Balaban J connectivity index is 1.71.